The minimum Gasteiger partial charge on any atom is -0.444 e. The second-order valence-electron chi connectivity index (χ2n) is 7.91. The van der Waals surface area contributed by atoms with Crippen molar-refractivity contribution in [1.82, 2.24) is 5.32 Å². The number of carbonyl (C=O) groups excluding carboxylic acids is 3. The Balaban J connectivity index is 0.00000176. The largest absolute Gasteiger partial charge is 0.444 e. The Morgan fingerprint density at radius 2 is 1.91 bits per heavy atom. The van der Waals surface area contributed by atoms with Crippen LogP contribution in [0.2, 0.25) is 5.02 Å². The van der Waals surface area contributed by atoms with Gasteiger partial charge >= 0.3 is 6.09 Å². The van der Waals surface area contributed by atoms with E-state index < -0.39 is 17.7 Å². The van der Waals surface area contributed by atoms with Crippen molar-refractivity contribution >= 4 is 47.3 Å². The van der Waals surface area contributed by atoms with Crippen LogP contribution >= 0.6 is 23.4 Å². The van der Waals surface area contributed by atoms with E-state index in [2.05, 4.69) is 11.1 Å². The van der Waals surface area contributed by atoms with Crippen molar-refractivity contribution in [1.29, 1.82) is 0 Å². The summed E-state index contributed by atoms with van der Waals surface area (Å²) in [5, 5.41) is 3.29. The molecule has 172 valence electrons. The summed E-state index contributed by atoms with van der Waals surface area (Å²) < 4.78 is 5.32. The van der Waals surface area contributed by atoms with E-state index in [0.717, 1.165) is 16.7 Å². The van der Waals surface area contributed by atoms with Crippen molar-refractivity contribution in [3.05, 3.63) is 58.6 Å². The molecule has 0 radical (unpaired) electrons. The number of amides is 2. The number of thioether (sulfide) groups is 1. The predicted octanol–water partition coefficient (Wildman–Crippen LogP) is 4.26. The van der Waals surface area contributed by atoms with Gasteiger partial charge in [-0.25, -0.2) is 4.79 Å². The van der Waals surface area contributed by atoms with E-state index in [1.54, 1.807) is 49.9 Å². The average molecular weight is 478 g/mol. The zero-order valence-electron chi connectivity index (χ0n) is 18.6. The number of benzene rings is 2. The van der Waals surface area contributed by atoms with Gasteiger partial charge in [0.15, 0.2) is 0 Å². The summed E-state index contributed by atoms with van der Waals surface area (Å²) in [6, 6.07) is 11.6. The predicted molar refractivity (Wildman–Crippen MR) is 128 cm³/mol. The summed E-state index contributed by atoms with van der Waals surface area (Å²) in [5.41, 5.74) is 5.81. The quantitative estimate of drug-likeness (QED) is 0.638. The molecular weight excluding hydrogens is 450 g/mol. The van der Waals surface area contributed by atoms with Gasteiger partial charge in [0.1, 0.15) is 17.9 Å². The number of nitrogens with one attached hydrogen (secondary N) is 1. The van der Waals surface area contributed by atoms with E-state index in [-0.39, 0.29) is 12.5 Å². The molecule has 0 saturated carbocycles. The molecule has 1 aliphatic heterocycles. The van der Waals surface area contributed by atoms with Crippen LogP contribution in [-0.2, 0) is 16.1 Å². The highest BCUT2D eigenvalue weighted by molar-refractivity contribution is 7.99. The fourth-order valence-electron chi connectivity index (χ4n) is 2.98. The Morgan fingerprint density at radius 3 is 2.50 bits per heavy atom. The van der Waals surface area contributed by atoms with Crippen molar-refractivity contribution in [2.24, 2.45) is 5.73 Å². The maximum absolute atomic E-state index is 13.4. The monoisotopic (exact) mass is 477 g/mol. The maximum atomic E-state index is 13.4. The van der Waals surface area contributed by atoms with Crippen LogP contribution < -0.4 is 16.0 Å². The van der Waals surface area contributed by atoms with Crippen LogP contribution in [0.3, 0.4) is 0 Å². The molecule has 3 rings (SSSR count). The summed E-state index contributed by atoms with van der Waals surface area (Å²) >= 11 is 7.43. The number of anilines is 1. The molecule has 1 aliphatic rings. The van der Waals surface area contributed by atoms with Gasteiger partial charge in [-0.1, -0.05) is 29.8 Å². The lowest BCUT2D eigenvalue weighted by atomic mass is 10.1. The van der Waals surface area contributed by atoms with Crippen molar-refractivity contribution in [3.8, 4) is 0 Å². The number of nitrogens with two attached hydrogens (primary N) is 1. The number of carbonyl (C=O) groups is 3. The summed E-state index contributed by atoms with van der Waals surface area (Å²) in [5.74, 6) is 0.0768. The van der Waals surface area contributed by atoms with E-state index in [0.29, 0.717) is 22.0 Å². The van der Waals surface area contributed by atoms with E-state index in [1.165, 1.54) is 18.8 Å². The van der Waals surface area contributed by atoms with Crippen molar-refractivity contribution in [2.45, 2.75) is 43.9 Å². The topological polar surface area (TPSA) is 102 Å². The number of alkyl carbamates (subject to hydrolysis) is 1. The minimum atomic E-state index is -0.774. The fourth-order valence-corrected chi connectivity index (χ4v) is 4.16. The molecule has 0 bridgehead atoms. The number of halogens is 1. The van der Waals surface area contributed by atoms with Gasteiger partial charge in [0, 0.05) is 21.2 Å². The number of nitrogens with zero attached hydrogens (tertiary/aromatic N) is 1. The van der Waals surface area contributed by atoms with Gasteiger partial charge in [0.2, 0.25) is 0 Å². The van der Waals surface area contributed by atoms with Gasteiger partial charge in [0.25, 0.3) is 5.91 Å². The molecule has 2 amide bonds. The first kappa shape index (κ1) is 25.7. The van der Waals surface area contributed by atoms with Crippen molar-refractivity contribution in [3.63, 3.8) is 0 Å². The molecule has 3 N–H and O–H groups in total. The van der Waals surface area contributed by atoms with E-state index in [9.17, 15) is 14.4 Å². The van der Waals surface area contributed by atoms with Crippen molar-refractivity contribution < 1.29 is 19.1 Å². The second kappa shape index (κ2) is 11.4. The third-order valence-corrected chi connectivity index (χ3v) is 5.73. The molecular formula is C23H28ClN3O4S. The van der Waals surface area contributed by atoms with Crippen LogP contribution in [0.5, 0.6) is 0 Å². The molecule has 0 aliphatic carbocycles. The Bertz CT molecular complexity index is 961. The lowest BCUT2D eigenvalue weighted by Crippen LogP contribution is -2.50. The average Bonchev–Trinajstić information content (AvgIpc) is 2.87. The smallest absolute Gasteiger partial charge is 0.408 e. The lowest BCUT2D eigenvalue weighted by molar-refractivity contribution is -0.120. The molecule has 0 aromatic heterocycles. The Morgan fingerprint density at radius 1 is 1.25 bits per heavy atom. The van der Waals surface area contributed by atoms with Gasteiger partial charge in [-0.15, -0.1) is 11.8 Å². The fraction of sp³-hybridized carbons (Fsp3) is 0.348. The number of ether oxygens (including phenoxy) is 1. The van der Waals surface area contributed by atoms with Crippen molar-refractivity contribution in [2.75, 3.05) is 17.7 Å². The summed E-state index contributed by atoms with van der Waals surface area (Å²) in [6.45, 7) is 5.57. The van der Waals surface area contributed by atoms with E-state index in [4.69, 9.17) is 16.3 Å². The first-order valence-electron chi connectivity index (χ1n) is 10.0. The van der Waals surface area contributed by atoms with Gasteiger partial charge in [-0.2, -0.15) is 0 Å². The van der Waals surface area contributed by atoms with Crippen LogP contribution in [0.25, 0.3) is 0 Å². The van der Waals surface area contributed by atoms with Gasteiger partial charge < -0.3 is 20.7 Å². The number of rotatable bonds is 4. The highest BCUT2D eigenvalue weighted by Crippen LogP contribution is 2.36. The number of hydrogen-bond acceptors (Lipinski definition) is 6. The van der Waals surface area contributed by atoms with Crippen LogP contribution in [0.1, 0.15) is 36.7 Å². The standard InChI is InChI=1S/C22H23ClN2O4S.CH5N/c1-22(2,3)29-21(28)24-17-13-30-19-9-6-15(12-26)10-18(19)25(20(17)27)11-14-4-7-16(23)8-5-14;1-2/h4-10,12,17H,11,13H2,1-3H3,(H,24,28);2H2,1H3/t17-;/m0./s1. The third-order valence-electron chi connectivity index (χ3n) is 4.32. The molecule has 32 heavy (non-hydrogen) atoms. The summed E-state index contributed by atoms with van der Waals surface area (Å²) in [6.07, 6.45) is 0.101. The molecule has 1 heterocycles. The maximum Gasteiger partial charge on any atom is 0.408 e. The van der Waals surface area contributed by atoms with E-state index >= 15 is 0 Å². The Hall–Kier alpha value is -2.55. The van der Waals surface area contributed by atoms with E-state index in [1.807, 2.05) is 18.2 Å². The highest BCUT2D eigenvalue weighted by atomic mass is 35.5. The SMILES string of the molecule is CC(C)(C)OC(=O)N[C@H]1CSc2ccc(C=O)cc2N(Cc2ccc(Cl)cc2)C1=O.CN. The molecule has 7 nitrogen and oxygen atoms in total. The summed E-state index contributed by atoms with van der Waals surface area (Å²) in [7, 11) is 1.50. The minimum absolute atomic E-state index is 0.273. The number of fused-ring (bicyclic) bond motifs is 1. The normalized spacial score (nSPS) is 15.6. The third kappa shape index (κ3) is 6.98. The van der Waals surface area contributed by atoms with Crippen LogP contribution in [-0.4, -0.2) is 42.7 Å². The Labute approximate surface area is 197 Å². The zero-order valence-corrected chi connectivity index (χ0v) is 20.1. The molecule has 0 unspecified atom stereocenters. The Kier molecular flexibility index (Phi) is 9.12. The van der Waals surface area contributed by atoms with Crippen LogP contribution in [0.4, 0.5) is 10.5 Å². The summed E-state index contributed by atoms with van der Waals surface area (Å²) in [4.78, 5) is 39.4. The number of aldehydes is 1. The highest BCUT2D eigenvalue weighted by Gasteiger charge is 2.33. The molecule has 0 spiro atoms. The van der Waals surface area contributed by atoms with Crippen LogP contribution in [0, 0.1) is 0 Å². The second-order valence-corrected chi connectivity index (χ2v) is 9.40. The molecule has 2 aromatic rings. The molecule has 0 fully saturated rings. The van der Waals surface area contributed by atoms with Crippen LogP contribution in [0.15, 0.2) is 47.4 Å². The molecule has 0 saturated heterocycles. The first-order valence-corrected chi connectivity index (χ1v) is 11.4. The molecule has 9 heteroatoms. The number of hydrogen-bond donors (Lipinski definition) is 2. The lowest BCUT2D eigenvalue weighted by Gasteiger charge is -2.27. The van der Waals surface area contributed by atoms with Gasteiger partial charge in [-0.05, 0) is 57.6 Å². The molecule has 1 atom stereocenters. The van der Waals surface area contributed by atoms with Gasteiger partial charge in [0.05, 0.1) is 12.2 Å². The first-order chi connectivity index (χ1) is 15.2. The zero-order chi connectivity index (χ0) is 23.9. The molecule has 2 aromatic carbocycles. The van der Waals surface area contributed by atoms with Gasteiger partial charge in [-0.3, -0.25) is 9.59 Å².